The maximum Gasteiger partial charge on any atom is 0.236 e. The Balaban J connectivity index is 1.26. The molecule has 1 aromatic carbocycles. The predicted octanol–water partition coefficient (Wildman–Crippen LogP) is 3.88. The summed E-state index contributed by atoms with van der Waals surface area (Å²) in [6, 6.07) is 12.8. The minimum Gasteiger partial charge on any atom is -0.339 e. The molecule has 6 heteroatoms. The molecule has 144 valence electrons. The molecule has 4 rings (SSSR count). The Kier molecular flexibility index (Phi) is 6.13. The Morgan fingerprint density at radius 1 is 1.07 bits per heavy atom. The first-order valence-electron chi connectivity index (χ1n) is 9.71. The summed E-state index contributed by atoms with van der Waals surface area (Å²) < 4.78 is 0. The molecule has 0 saturated carbocycles. The van der Waals surface area contributed by atoms with Crippen LogP contribution in [-0.4, -0.2) is 59.9 Å². The minimum atomic E-state index is 0.282. The maximum atomic E-state index is 12.8. The van der Waals surface area contributed by atoms with E-state index in [4.69, 9.17) is 11.6 Å². The fraction of sp³-hybridized carbons (Fsp3) is 0.476. The molecule has 2 aliphatic rings. The van der Waals surface area contributed by atoms with E-state index in [1.54, 1.807) is 0 Å². The van der Waals surface area contributed by atoms with Gasteiger partial charge in [0, 0.05) is 48.7 Å². The van der Waals surface area contributed by atoms with Crippen LogP contribution in [0.3, 0.4) is 0 Å². The summed E-state index contributed by atoms with van der Waals surface area (Å²) in [6.45, 7) is 6.02. The van der Waals surface area contributed by atoms with E-state index in [9.17, 15) is 4.79 Å². The van der Waals surface area contributed by atoms with E-state index < -0.39 is 0 Å². The Bertz CT molecular complexity index is 741. The number of thiophene rings is 1. The molecule has 0 aliphatic carbocycles. The van der Waals surface area contributed by atoms with Crippen molar-refractivity contribution in [3.8, 4) is 0 Å². The number of rotatable bonds is 5. The third-order valence-electron chi connectivity index (χ3n) is 5.62. The zero-order chi connectivity index (χ0) is 18.6. The zero-order valence-corrected chi connectivity index (χ0v) is 17.1. The monoisotopic (exact) mass is 403 g/mol. The largest absolute Gasteiger partial charge is 0.339 e. The van der Waals surface area contributed by atoms with E-state index in [1.165, 1.54) is 23.3 Å². The van der Waals surface area contributed by atoms with Gasteiger partial charge in [-0.15, -0.1) is 11.3 Å². The van der Waals surface area contributed by atoms with Gasteiger partial charge in [-0.2, -0.15) is 0 Å². The lowest BCUT2D eigenvalue weighted by Crippen LogP contribution is -2.50. The van der Waals surface area contributed by atoms with Crippen LogP contribution < -0.4 is 0 Å². The van der Waals surface area contributed by atoms with Crippen molar-refractivity contribution in [2.24, 2.45) is 0 Å². The topological polar surface area (TPSA) is 26.8 Å². The van der Waals surface area contributed by atoms with E-state index in [0.29, 0.717) is 12.6 Å². The van der Waals surface area contributed by atoms with Gasteiger partial charge >= 0.3 is 0 Å². The van der Waals surface area contributed by atoms with Crippen LogP contribution in [-0.2, 0) is 11.3 Å². The standard InChI is InChI=1S/C21H26ClN3OS/c22-18-7-5-17(6-8-18)15-23-10-12-24(13-11-23)21(26)16-25-9-1-3-19(25)20-4-2-14-27-20/h2,4-8,14,19H,1,3,9-13,15-16H2/t19-/m0/s1. The van der Waals surface area contributed by atoms with E-state index in [1.807, 2.05) is 28.4 Å². The predicted molar refractivity (Wildman–Crippen MR) is 111 cm³/mol. The lowest BCUT2D eigenvalue weighted by Gasteiger charge is -2.36. The third kappa shape index (κ3) is 4.72. The quantitative estimate of drug-likeness (QED) is 0.757. The molecule has 27 heavy (non-hydrogen) atoms. The molecule has 0 bridgehead atoms. The lowest BCUT2D eigenvalue weighted by molar-refractivity contribution is -0.134. The van der Waals surface area contributed by atoms with Crippen LogP contribution in [0.25, 0.3) is 0 Å². The number of likely N-dealkylation sites (tertiary alicyclic amines) is 1. The average Bonchev–Trinajstić information content (AvgIpc) is 3.35. The lowest BCUT2D eigenvalue weighted by atomic mass is 10.2. The fourth-order valence-electron chi connectivity index (χ4n) is 4.10. The number of benzene rings is 1. The van der Waals surface area contributed by atoms with Crippen LogP contribution in [0, 0.1) is 0 Å². The molecule has 1 aromatic heterocycles. The summed E-state index contributed by atoms with van der Waals surface area (Å²) in [5, 5.41) is 2.91. The summed E-state index contributed by atoms with van der Waals surface area (Å²) in [6.07, 6.45) is 2.35. The smallest absolute Gasteiger partial charge is 0.236 e. The van der Waals surface area contributed by atoms with Crippen molar-refractivity contribution in [3.05, 3.63) is 57.2 Å². The van der Waals surface area contributed by atoms with Gasteiger partial charge in [0.2, 0.25) is 5.91 Å². The molecule has 1 amide bonds. The van der Waals surface area contributed by atoms with Gasteiger partial charge in [-0.1, -0.05) is 29.8 Å². The number of nitrogens with zero attached hydrogens (tertiary/aromatic N) is 3. The highest BCUT2D eigenvalue weighted by Gasteiger charge is 2.30. The van der Waals surface area contributed by atoms with Crippen LogP contribution in [0.1, 0.15) is 29.3 Å². The number of hydrogen-bond acceptors (Lipinski definition) is 4. The summed E-state index contributed by atoms with van der Waals surface area (Å²) in [7, 11) is 0. The Morgan fingerprint density at radius 3 is 2.56 bits per heavy atom. The van der Waals surface area contributed by atoms with Crippen molar-refractivity contribution < 1.29 is 4.79 Å². The second-order valence-corrected chi connectivity index (χ2v) is 8.84. The molecule has 4 nitrogen and oxygen atoms in total. The van der Waals surface area contributed by atoms with Crippen LogP contribution in [0.2, 0.25) is 5.02 Å². The van der Waals surface area contributed by atoms with Crippen LogP contribution in [0.5, 0.6) is 0 Å². The van der Waals surface area contributed by atoms with Gasteiger partial charge in [-0.05, 0) is 48.5 Å². The van der Waals surface area contributed by atoms with Gasteiger partial charge in [-0.3, -0.25) is 14.6 Å². The van der Waals surface area contributed by atoms with Crippen molar-refractivity contribution in [1.82, 2.24) is 14.7 Å². The molecule has 3 heterocycles. The number of carbonyl (C=O) groups is 1. The number of halogens is 1. The van der Waals surface area contributed by atoms with Crippen molar-refractivity contribution >= 4 is 28.8 Å². The first-order chi connectivity index (χ1) is 13.2. The summed E-state index contributed by atoms with van der Waals surface area (Å²) >= 11 is 7.77. The van der Waals surface area contributed by atoms with E-state index in [0.717, 1.165) is 44.3 Å². The maximum absolute atomic E-state index is 12.8. The molecule has 2 aliphatic heterocycles. The molecule has 0 spiro atoms. The highest BCUT2D eigenvalue weighted by Crippen LogP contribution is 2.34. The fourth-order valence-corrected chi connectivity index (χ4v) is 5.12. The molecule has 0 unspecified atom stereocenters. The van der Waals surface area contributed by atoms with Crippen molar-refractivity contribution in [1.29, 1.82) is 0 Å². The highest BCUT2D eigenvalue weighted by atomic mass is 35.5. The van der Waals surface area contributed by atoms with E-state index in [2.05, 4.69) is 39.4 Å². The van der Waals surface area contributed by atoms with Crippen molar-refractivity contribution in [2.45, 2.75) is 25.4 Å². The molecule has 2 saturated heterocycles. The van der Waals surface area contributed by atoms with Crippen LogP contribution >= 0.6 is 22.9 Å². The number of amides is 1. The van der Waals surface area contributed by atoms with Crippen molar-refractivity contribution in [3.63, 3.8) is 0 Å². The van der Waals surface area contributed by atoms with Gasteiger partial charge in [-0.25, -0.2) is 0 Å². The van der Waals surface area contributed by atoms with Gasteiger partial charge < -0.3 is 4.90 Å². The molecule has 0 N–H and O–H groups in total. The zero-order valence-electron chi connectivity index (χ0n) is 15.5. The molecular weight excluding hydrogens is 378 g/mol. The average molecular weight is 404 g/mol. The van der Waals surface area contributed by atoms with E-state index in [-0.39, 0.29) is 5.91 Å². The minimum absolute atomic E-state index is 0.282. The molecule has 2 fully saturated rings. The normalized spacial score (nSPS) is 21.7. The Hall–Kier alpha value is -1.40. The number of piperazine rings is 1. The molecular formula is C21H26ClN3OS. The number of carbonyl (C=O) groups excluding carboxylic acids is 1. The molecule has 0 radical (unpaired) electrons. The Morgan fingerprint density at radius 2 is 1.85 bits per heavy atom. The molecule has 2 aromatic rings. The van der Waals surface area contributed by atoms with Gasteiger partial charge in [0.05, 0.1) is 6.54 Å². The summed E-state index contributed by atoms with van der Waals surface area (Å²) in [5.74, 6) is 0.282. The first-order valence-corrected chi connectivity index (χ1v) is 11.0. The number of hydrogen-bond donors (Lipinski definition) is 0. The van der Waals surface area contributed by atoms with Gasteiger partial charge in [0.15, 0.2) is 0 Å². The van der Waals surface area contributed by atoms with Crippen molar-refractivity contribution in [2.75, 3.05) is 39.3 Å². The first kappa shape index (κ1) is 18.9. The molecule has 1 atom stereocenters. The summed E-state index contributed by atoms with van der Waals surface area (Å²) in [5.41, 5.74) is 1.27. The van der Waals surface area contributed by atoms with Crippen LogP contribution in [0.15, 0.2) is 41.8 Å². The highest BCUT2D eigenvalue weighted by molar-refractivity contribution is 7.10. The Labute approximate surface area is 170 Å². The van der Waals surface area contributed by atoms with Gasteiger partial charge in [0.1, 0.15) is 0 Å². The second-order valence-electron chi connectivity index (χ2n) is 7.43. The second kappa shape index (κ2) is 8.74. The summed E-state index contributed by atoms with van der Waals surface area (Å²) in [4.78, 5) is 21.0. The van der Waals surface area contributed by atoms with E-state index >= 15 is 0 Å². The third-order valence-corrected chi connectivity index (χ3v) is 6.84. The SMILES string of the molecule is O=C(CN1CCC[C@H]1c1cccs1)N1CCN(Cc2ccc(Cl)cc2)CC1. The van der Waals surface area contributed by atoms with Gasteiger partial charge in [0.25, 0.3) is 0 Å². The van der Waals surface area contributed by atoms with Crippen LogP contribution in [0.4, 0.5) is 0 Å².